The molecule has 1 aromatic carbocycles. The summed E-state index contributed by atoms with van der Waals surface area (Å²) in [5, 5.41) is 9.34. The highest BCUT2D eigenvalue weighted by Crippen LogP contribution is 2.24. The van der Waals surface area contributed by atoms with Gasteiger partial charge in [0.05, 0.1) is 12.0 Å². The van der Waals surface area contributed by atoms with Gasteiger partial charge in [-0.1, -0.05) is 25.5 Å². The Morgan fingerprint density at radius 3 is 2.83 bits per heavy atom. The van der Waals surface area contributed by atoms with Gasteiger partial charge in [0.25, 0.3) is 0 Å². The normalized spacial score (nSPS) is 17.3. The van der Waals surface area contributed by atoms with E-state index in [4.69, 9.17) is 5.73 Å². The minimum atomic E-state index is -0.177. The second-order valence-electron chi connectivity index (χ2n) is 5.21. The van der Waals surface area contributed by atoms with Crippen LogP contribution in [-0.4, -0.2) is 34.5 Å². The first-order valence-electron chi connectivity index (χ1n) is 6.37. The maximum Gasteiger partial charge on any atom is 0.227 e. The van der Waals surface area contributed by atoms with Crippen LogP contribution in [0.4, 0.5) is 0 Å². The van der Waals surface area contributed by atoms with E-state index in [1.807, 2.05) is 6.07 Å². The molecule has 0 unspecified atom stereocenters. The van der Waals surface area contributed by atoms with E-state index >= 15 is 0 Å². The zero-order valence-electron chi connectivity index (χ0n) is 10.7. The Morgan fingerprint density at radius 1 is 1.50 bits per heavy atom. The third-order valence-electron chi connectivity index (χ3n) is 3.38. The Morgan fingerprint density at radius 2 is 2.22 bits per heavy atom. The number of phenols is 1. The molecule has 0 spiro atoms. The van der Waals surface area contributed by atoms with E-state index in [1.54, 1.807) is 23.1 Å². The zero-order chi connectivity index (χ0) is 13.2. The van der Waals surface area contributed by atoms with Crippen molar-refractivity contribution in [2.45, 2.75) is 31.7 Å². The Hall–Kier alpha value is -1.55. The smallest absolute Gasteiger partial charge is 0.227 e. The number of rotatable bonds is 4. The summed E-state index contributed by atoms with van der Waals surface area (Å²) >= 11 is 0. The van der Waals surface area contributed by atoms with Gasteiger partial charge in [0.15, 0.2) is 0 Å². The van der Waals surface area contributed by atoms with Gasteiger partial charge < -0.3 is 15.7 Å². The highest BCUT2D eigenvalue weighted by atomic mass is 16.3. The van der Waals surface area contributed by atoms with E-state index in [0.29, 0.717) is 19.5 Å². The van der Waals surface area contributed by atoms with Gasteiger partial charge >= 0.3 is 0 Å². The molecule has 1 heterocycles. The van der Waals surface area contributed by atoms with Crippen LogP contribution in [0, 0.1) is 0 Å². The number of carbonyl (C=O) groups is 1. The molecular weight excluding hydrogens is 228 g/mol. The second kappa shape index (κ2) is 4.98. The van der Waals surface area contributed by atoms with E-state index < -0.39 is 0 Å². The molecule has 0 aliphatic carbocycles. The van der Waals surface area contributed by atoms with E-state index in [2.05, 4.69) is 6.92 Å². The quantitative estimate of drug-likeness (QED) is 0.843. The lowest BCUT2D eigenvalue weighted by molar-refractivity contribution is -0.138. The molecule has 3 N–H and O–H groups in total. The molecule has 1 amide bonds. The molecule has 0 atom stereocenters. The molecule has 4 heteroatoms. The predicted molar refractivity (Wildman–Crippen MR) is 70.2 cm³/mol. The summed E-state index contributed by atoms with van der Waals surface area (Å²) in [7, 11) is 0. The third-order valence-corrected chi connectivity index (χ3v) is 3.38. The lowest BCUT2D eigenvalue weighted by Gasteiger charge is -2.48. The molecule has 0 aromatic heterocycles. The number of aromatic hydroxyl groups is 1. The van der Waals surface area contributed by atoms with Gasteiger partial charge in [-0.25, -0.2) is 0 Å². The number of phenolic OH excluding ortho intramolecular Hbond substituents is 1. The van der Waals surface area contributed by atoms with Crippen molar-refractivity contribution in [3.8, 4) is 5.75 Å². The molecule has 0 radical (unpaired) electrons. The highest BCUT2D eigenvalue weighted by molar-refractivity contribution is 5.80. The fraction of sp³-hybridized carbons (Fsp3) is 0.500. The summed E-state index contributed by atoms with van der Waals surface area (Å²) < 4.78 is 0. The molecule has 4 nitrogen and oxygen atoms in total. The Bertz CT molecular complexity index is 439. The van der Waals surface area contributed by atoms with Crippen LogP contribution in [0.5, 0.6) is 5.75 Å². The van der Waals surface area contributed by atoms with Crippen molar-refractivity contribution in [3.05, 3.63) is 29.8 Å². The van der Waals surface area contributed by atoms with Crippen molar-refractivity contribution in [1.29, 1.82) is 0 Å². The summed E-state index contributed by atoms with van der Waals surface area (Å²) in [5.74, 6) is 0.279. The van der Waals surface area contributed by atoms with Gasteiger partial charge in [-0.05, 0) is 24.1 Å². The zero-order valence-corrected chi connectivity index (χ0v) is 10.7. The van der Waals surface area contributed by atoms with Gasteiger partial charge in [-0.15, -0.1) is 0 Å². The number of amides is 1. The van der Waals surface area contributed by atoms with Gasteiger partial charge in [0, 0.05) is 13.1 Å². The summed E-state index contributed by atoms with van der Waals surface area (Å²) in [6, 6.07) is 6.82. The van der Waals surface area contributed by atoms with Crippen molar-refractivity contribution in [1.82, 2.24) is 4.90 Å². The molecule has 0 bridgehead atoms. The van der Waals surface area contributed by atoms with Crippen molar-refractivity contribution >= 4 is 5.91 Å². The van der Waals surface area contributed by atoms with Crippen molar-refractivity contribution in [2.24, 2.45) is 5.73 Å². The maximum absolute atomic E-state index is 12.0. The first kappa shape index (κ1) is 12.9. The third kappa shape index (κ3) is 2.82. The van der Waals surface area contributed by atoms with Crippen LogP contribution in [-0.2, 0) is 11.2 Å². The molecule has 2 rings (SSSR count). The first-order valence-corrected chi connectivity index (χ1v) is 6.37. The molecule has 1 aliphatic rings. The van der Waals surface area contributed by atoms with E-state index in [0.717, 1.165) is 18.4 Å². The van der Waals surface area contributed by atoms with Crippen molar-refractivity contribution < 1.29 is 9.90 Å². The van der Waals surface area contributed by atoms with Crippen LogP contribution < -0.4 is 5.73 Å². The SMILES string of the molecule is CCCC1(N)CN(C(=O)Cc2cccc(O)c2)C1. The molecule has 98 valence electrons. The standard InChI is InChI=1S/C14H20N2O2/c1-2-6-14(15)9-16(10-14)13(18)8-11-4-3-5-12(17)7-11/h3-5,7,17H,2,6,8-10,15H2,1H3. The average molecular weight is 248 g/mol. The minimum absolute atomic E-state index is 0.0813. The van der Waals surface area contributed by atoms with Gasteiger partial charge in [0.2, 0.25) is 5.91 Å². The van der Waals surface area contributed by atoms with Crippen molar-refractivity contribution in [2.75, 3.05) is 13.1 Å². The van der Waals surface area contributed by atoms with Gasteiger partial charge in [0.1, 0.15) is 5.75 Å². The number of nitrogens with two attached hydrogens (primary N) is 1. The number of hydrogen-bond donors (Lipinski definition) is 2. The minimum Gasteiger partial charge on any atom is -0.508 e. The summed E-state index contributed by atoms with van der Waals surface area (Å²) in [5.41, 5.74) is 6.79. The molecular formula is C14H20N2O2. The molecule has 1 saturated heterocycles. The first-order chi connectivity index (χ1) is 8.52. The summed E-state index contributed by atoms with van der Waals surface area (Å²) in [6.07, 6.45) is 2.34. The lowest BCUT2D eigenvalue weighted by Crippen LogP contribution is -2.68. The molecule has 18 heavy (non-hydrogen) atoms. The highest BCUT2D eigenvalue weighted by Gasteiger charge is 2.40. The van der Waals surface area contributed by atoms with E-state index in [1.165, 1.54) is 0 Å². The molecule has 1 aliphatic heterocycles. The number of carbonyl (C=O) groups excluding carboxylic acids is 1. The topological polar surface area (TPSA) is 66.6 Å². The summed E-state index contributed by atoms with van der Waals surface area (Å²) in [6.45, 7) is 3.41. The van der Waals surface area contributed by atoms with E-state index in [-0.39, 0.29) is 17.2 Å². The van der Waals surface area contributed by atoms with Crippen LogP contribution in [0.15, 0.2) is 24.3 Å². The molecule has 1 fully saturated rings. The molecule has 1 aromatic rings. The Labute approximate surface area is 107 Å². The molecule has 0 saturated carbocycles. The van der Waals surface area contributed by atoms with Crippen LogP contribution in [0.25, 0.3) is 0 Å². The van der Waals surface area contributed by atoms with Crippen LogP contribution in [0.3, 0.4) is 0 Å². The van der Waals surface area contributed by atoms with Crippen LogP contribution in [0.2, 0.25) is 0 Å². The summed E-state index contributed by atoms with van der Waals surface area (Å²) in [4.78, 5) is 13.8. The average Bonchev–Trinajstić information content (AvgIpc) is 2.26. The van der Waals surface area contributed by atoms with Crippen LogP contribution in [0.1, 0.15) is 25.3 Å². The number of benzene rings is 1. The van der Waals surface area contributed by atoms with E-state index in [9.17, 15) is 9.90 Å². The predicted octanol–water partition coefficient (Wildman–Crippen LogP) is 1.27. The fourth-order valence-corrected chi connectivity index (χ4v) is 2.50. The Balaban J connectivity index is 1.87. The number of likely N-dealkylation sites (tertiary alicyclic amines) is 1. The van der Waals surface area contributed by atoms with Gasteiger partial charge in [-0.2, -0.15) is 0 Å². The van der Waals surface area contributed by atoms with Crippen molar-refractivity contribution in [3.63, 3.8) is 0 Å². The second-order valence-corrected chi connectivity index (χ2v) is 5.21. The maximum atomic E-state index is 12.0. The largest absolute Gasteiger partial charge is 0.508 e. The van der Waals surface area contributed by atoms with Crippen LogP contribution >= 0.6 is 0 Å². The lowest BCUT2D eigenvalue weighted by atomic mass is 9.86. The fourth-order valence-electron chi connectivity index (χ4n) is 2.50. The Kier molecular flexibility index (Phi) is 3.57. The van der Waals surface area contributed by atoms with Gasteiger partial charge in [-0.3, -0.25) is 4.79 Å². The monoisotopic (exact) mass is 248 g/mol. The number of hydrogen-bond acceptors (Lipinski definition) is 3. The number of nitrogens with zero attached hydrogens (tertiary/aromatic N) is 1.